The van der Waals surface area contributed by atoms with Gasteiger partial charge in [0.15, 0.2) is 0 Å². The summed E-state index contributed by atoms with van der Waals surface area (Å²) in [4.78, 5) is 23.5. The lowest BCUT2D eigenvalue weighted by Gasteiger charge is -2.07. The first kappa shape index (κ1) is 17.8. The number of methoxy groups -OCH3 is 1. The highest BCUT2D eigenvalue weighted by molar-refractivity contribution is 7.98. The first-order valence-electron chi connectivity index (χ1n) is 7.26. The Bertz CT molecular complexity index is 730. The number of rotatable bonds is 7. The zero-order chi connectivity index (χ0) is 17.5. The Morgan fingerprint density at radius 2 is 1.92 bits per heavy atom. The largest absolute Gasteiger partial charge is 0.497 e. The summed E-state index contributed by atoms with van der Waals surface area (Å²) in [5, 5.41) is 11.3. The minimum atomic E-state index is -0.560. The average molecular weight is 347 g/mol. The van der Waals surface area contributed by atoms with Crippen molar-refractivity contribution >= 4 is 23.4 Å². The summed E-state index contributed by atoms with van der Waals surface area (Å²) in [6.45, 7) is 1.91. The molecule has 0 aliphatic rings. The highest BCUT2D eigenvalue weighted by Crippen LogP contribution is 2.30. The van der Waals surface area contributed by atoms with Gasteiger partial charge in [-0.05, 0) is 37.3 Å². The van der Waals surface area contributed by atoms with Crippen LogP contribution in [0.25, 0.3) is 0 Å². The highest BCUT2D eigenvalue weighted by atomic mass is 32.2. The summed E-state index contributed by atoms with van der Waals surface area (Å²) in [6, 6.07) is 11.9. The molecule has 0 aliphatic heterocycles. The van der Waals surface area contributed by atoms with E-state index in [4.69, 9.17) is 9.47 Å². The summed E-state index contributed by atoms with van der Waals surface area (Å²) in [5.41, 5.74) is 0.650. The molecule has 0 fully saturated rings. The molecule has 0 amide bonds. The van der Waals surface area contributed by atoms with Crippen molar-refractivity contribution in [3.8, 4) is 5.75 Å². The topological polar surface area (TPSA) is 78.7 Å². The zero-order valence-corrected chi connectivity index (χ0v) is 14.2. The Kier molecular flexibility index (Phi) is 6.20. The maximum absolute atomic E-state index is 11.7. The van der Waals surface area contributed by atoms with E-state index >= 15 is 0 Å². The summed E-state index contributed by atoms with van der Waals surface area (Å²) < 4.78 is 9.97. The van der Waals surface area contributed by atoms with Crippen LogP contribution in [0.3, 0.4) is 0 Å². The highest BCUT2D eigenvalue weighted by Gasteiger charge is 2.18. The van der Waals surface area contributed by atoms with E-state index < -0.39 is 10.9 Å². The van der Waals surface area contributed by atoms with Crippen LogP contribution in [0.4, 0.5) is 5.69 Å². The molecule has 24 heavy (non-hydrogen) atoms. The van der Waals surface area contributed by atoms with Crippen molar-refractivity contribution in [2.45, 2.75) is 17.6 Å². The Balaban J connectivity index is 2.16. The number of ether oxygens (including phenoxy) is 2. The third-order valence-corrected chi connectivity index (χ3v) is 4.31. The molecule has 0 bridgehead atoms. The van der Waals surface area contributed by atoms with Crippen molar-refractivity contribution in [2.24, 2.45) is 0 Å². The van der Waals surface area contributed by atoms with Gasteiger partial charge >= 0.3 is 5.97 Å². The van der Waals surface area contributed by atoms with E-state index in [2.05, 4.69) is 0 Å². The van der Waals surface area contributed by atoms with E-state index in [1.54, 1.807) is 26.2 Å². The summed E-state index contributed by atoms with van der Waals surface area (Å²) in [5.74, 6) is 0.616. The number of nitro groups is 1. The summed E-state index contributed by atoms with van der Waals surface area (Å²) in [7, 11) is 1.59. The Morgan fingerprint density at radius 3 is 2.50 bits per heavy atom. The van der Waals surface area contributed by atoms with Gasteiger partial charge in [-0.2, -0.15) is 0 Å². The monoisotopic (exact) mass is 347 g/mol. The lowest BCUT2D eigenvalue weighted by atomic mass is 10.1. The fourth-order valence-electron chi connectivity index (χ4n) is 2.03. The van der Waals surface area contributed by atoms with Crippen LogP contribution < -0.4 is 4.74 Å². The number of nitro benzene ring substituents is 1. The molecule has 0 N–H and O–H groups in total. The van der Waals surface area contributed by atoms with Crippen LogP contribution >= 0.6 is 11.8 Å². The number of carbonyl (C=O) groups excluding carboxylic acids is 1. The number of carbonyl (C=O) groups is 1. The maximum atomic E-state index is 11.7. The number of benzene rings is 2. The Labute approximate surface area is 143 Å². The van der Waals surface area contributed by atoms with Crippen molar-refractivity contribution in [3.05, 3.63) is 63.7 Å². The molecule has 0 aliphatic carbocycles. The molecule has 2 rings (SSSR count). The quantitative estimate of drug-likeness (QED) is 0.325. The minimum absolute atomic E-state index is 0.0819. The molecule has 0 spiro atoms. The van der Waals surface area contributed by atoms with Crippen molar-refractivity contribution in [1.29, 1.82) is 0 Å². The van der Waals surface area contributed by atoms with E-state index in [-0.39, 0.29) is 17.9 Å². The smallest absolute Gasteiger partial charge is 0.338 e. The molecule has 7 heteroatoms. The zero-order valence-electron chi connectivity index (χ0n) is 13.4. The van der Waals surface area contributed by atoms with Gasteiger partial charge in [0.05, 0.1) is 24.2 Å². The first-order chi connectivity index (χ1) is 11.5. The van der Waals surface area contributed by atoms with Gasteiger partial charge in [0.25, 0.3) is 5.69 Å². The Hall–Kier alpha value is -2.54. The van der Waals surface area contributed by atoms with Gasteiger partial charge < -0.3 is 9.47 Å². The standard InChI is InChI=1S/C17H17NO5S/c1-3-23-17(19)12-4-5-13(16(10-12)18(20)21)11-24-15-8-6-14(22-2)7-9-15/h4-10H,3,11H2,1-2H3. The minimum Gasteiger partial charge on any atom is -0.497 e. The normalized spacial score (nSPS) is 10.2. The molecule has 126 valence electrons. The average Bonchev–Trinajstić information content (AvgIpc) is 2.60. The molecule has 6 nitrogen and oxygen atoms in total. The van der Waals surface area contributed by atoms with E-state index in [0.29, 0.717) is 11.3 Å². The van der Waals surface area contributed by atoms with Gasteiger partial charge in [0, 0.05) is 22.3 Å². The first-order valence-corrected chi connectivity index (χ1v) is 8.25. The van der Waals surface area contributed by atoms with Gasteiger partial charge in [0.2, 0.25) is 0 Å². The third kappa shape index (κ3) is 4.48. The van der Waals surface area contributed by atoms with Gasteiger partial charge in [-0.1, -0.05) is 6.07 Å². The molecular formula is C17H17NO5S. The molecule has 0 saturated carbocycles. The molecule has 2 aromatic carbocycles. The summed E-state index contributed by atoms with van der Waals surface area (Å²) >= 11 is 1.47. The number of hydrogen-bond acceptors (Lipinski definition) is 6. The third-order valence-electron chi connectivity index (χ3n) is 3.25. The van der Waals surface area contributed by atoms with Crippen LogP contribution in [-0.4, -0.2) is 24.6 Å². The SMILES string of the molecule is CCOC(=O)c1ccc(CSc2ccc(OC)cc2)c([N+](=O)[O-])c1. The van der Waals surface area contributed by atoms with Crippen LogP contribution in [0.1, 0.15) is 22.8 Å². The van der Waals surface area contributed by atoms with E-state index in [1.165, 1.54) is 17.8 Å². The van der Waals surface area contributed by atoms with Crippen LogP contribution in [0, 0.1) is 10.1 Å². The van der Waals surface area contributed by atoms with Gasteiger partial charge in [0.1, 0.15) is 5.75 Å². The van der Waals surface area contributed by atoms with Gasteiger partial charge in [-0.3, -0.25) is 10.1 Å². The van der Waals surface area contributed by atoms with Crippen molar-refractivity contribution in [3.63, 3.8) is 0 Å². The molecule has 0 atom stereocenters. The molecule has 2 aromatic rings. The van der Waals surface area contributed by atoms with Crippen LogP contribution in [0.5, 0.6) is 5.75 Å². The van der Waals surface area contributed by atoms with Crippen molar-refractivity contribution in [1.82, 2.24) is 0 Å². The molecule has 0 saturated heterocycles. The van der Waals surface area contributed by atoms with E-state index in [0.717, 1.165) is 10.6 Å². The van der Waals surface area contributed by atoms with Crippen LogP contribution in [0.15, 0.2) is 47.4 Å². The van der Waals surface area contributed by atoms with E-state index in [1.807, 2.05) is 24.3 Å². The molecule has 0 aromatic heterocycles. The molecule has 0 heterocycles. The lowest BCUT2D eigenvalue weighted by molar-refractivity contribution is -0.385. The second-order valence-corrected chi connectivity index (χ2v) is 5.83. The predicted octanol–water partition coefficient (Wildman–Crippen LogP) is 4.07. The van der Waals surface area contributed by atoms with Crippen LogP contribution in [-0.2, 0) is 10.5 Å². The predicted molar refractivity (Wildman–Crippen MR) is 91.6 cm³/mol. The molecule has 0 radical (unpaired) electrons. The number of thioether (sulfide) groups is 1. The van der Waals surface area contributed by atoms with Crippen molar-refractivity contribution < 1.29 is 19.2 Å². The number of hydrogen-bond donors (Lipinski definition) is 0. The van der Waals surface area contributed by atoms with Crippen molar-refractivity contribution in [2.75, 3.05) is 13.7 Å². The maximum Gasteiger partial charge on any atom is 0.338 e. The summed E-state index contributed by atoms with van der Waals surface area (Å²) in [6.07, 6.45) is 0. The second-order valence-electron chi connectivity index (χ2n) is 4.79. The fourth-order valence-corrected chi connectivity index (χ4v) is 2.93. The van der Waals surface area contributed by atoms with E-state index in [9.17, 15) is 14.9 Å². The van der Waals surface area contributed by atoms with Crippen LogP contribution in [0.2, 0.25) is 0 Å². The van der Waals surface area contributed by atoms with Gasteiger partial charge in [-0.15, -0.1) is 11.8 Å². The number of esters is 1. The Morgan fingerprint density at radius 1 is 1.21 bits per heavy atom. The molecule has 0 unspecified atom stereocenters. The molecular weight excluding hydrogens is 330 g/mol. The second kappa shape index (κ2) is 8.35. The number of nitrogens with zero attached hydrogens (tertiary/aromatic N) is 1. The van der Waals surface area contributed by atoms with Gasteiger partial charge in [-0.25, -0.2) is 4.79 Å². The lowest BCUT2D eigenvalue weighted by Crippen LogP contribution is -2.06. The fraction of sp³-hybridized carbons (Fsp3) is 0.235.